The Balaban J connectivity index is 2.70. The molecule has 0 N–H and O–H groups in total. The minimum Gasteiger partial charge on any atom is -0.340 e. The van der Waals surface area contributed by atoms with Gasteiger partial charge in [-0.2, -0.15) is 10.4 Å². The number of aromatic nitrogens is 2. The van der Waals surface area contributed by atoms with Crippen LogP contribution in [0, 0.1) is 17.2 Å². The van der Waals surface area contributed by atoms with E-state index in [1.54, 1.807) is 28.0 Å². The molecule has 0 spiro atoms. The number of hydrogen-bond donors (Lipinski definition) is 0. The smallest absolute Gasteiger partial charge is 0.247 e. The second kappa shape index (κ2) is 6.04. The van der Waals surface area contributed by atoms with E-state index in [4.69, 9.17) is 5.26 Å². The summed E-state index contributed by atoms with van der Waals surface area (Å²) in [6.07, 6.45) is 3.42. The van der Waals surface area contributed by atoms with E-state index in [-0.39, 0.29) is 17.9 Å². The molecule has 2 unspecified atom stereocenters. The third-order valence-electron chi connectivity index (χ3n) is 2.69. The van der Waals surface area contributed by atoms with Crippen molar-refractivity contribution in [3.05, 3.63) is 18.5 Å². The largest absolute Gasteiger partial charge is 0.340 e. The van der Waals surface area contributed by atoms with Gasteiger partial charge in [-0.1, -0.05) is 0 Å². The van der Waals surface area contributed by atoms with Gasteiger partial charge >= 0.3 is 0 Å². The fourth-order valence-corrected chi connectivity index (χ4v) is 1.63. The van der Waals surface area contributed by atoms with Gasteiger partial charge in [0.25, 0.3) is 0 Å². The number of nitriles is 1. The van der Waals surface area contributed by atoms with Gasteiger partial charge in [0.05, 0.1) is 12.0 Å². The van der Waals surface area contributed by atoms with Gasteiger partial charge in [-0.25, -0.2) is 0 Å². The first kappa shape index (κ1) is 13.2. The van der Waals surface area contributed by atoms with Crippen LogP contribution >= 0.6 is 0 Å². The number of carbonyl (C=O) groups is 1. The van der Waals surface area contributed by atoms with Crippen molar-refractivity contribution in [3.63, 3.8) is 0 Å². The van der Waals surface area contributed by atoms with Crippen molar-refractivity contribution >= 4 is 5.91 Å². The summed E-state index contributed by atoms with van der Waals surface area (Å²) in [6, 6.07) is 3.61. The lowest BCUT2D eigenvalue weighted by Gasteiger charge is -2.25. The highest BCUT2D eigenvalue weighted by Gasteiger charge is 2.22. The molecule has 0 aliphatic carbocycles. The summed E-state index contributed by atoms with van der Waals surface area (Å²) in [4.78, 5) is 13.9. The molecule has 17 heavy (non-hydrogen) atoms. The first-order valence-electron chi connectivity index (χ1n) is 5.77. The maximum atomic E-state index is 12.2. The zero-order valence-electron chi connectivity index (χ0n) is 10.5. The van der Waals surface area contributed by atoms with Gasteiger partial charge in [0.1, 0.15) is 6.04 Å². The molecule has 1 heterocycles. The molecule has 1 amide bonds. The third kappa shape index (κ3) is 3.31. The fourth-order valence-electron chi connectivity index (χ4n) is 1.63. The van der Waals surface area contributed by atoms with Gasteiger partial charge in [-0.15, -0.1) is 0 Å². The first-order valence-corrected chi connectivity index (χ1v) is 5.77. The van der Waals surface area contributed by atoms with Crippen LogP contribution in [0.3, 0.4) is 0 Å². The molecule has 2 atom stereocenters. The highest BCUT2D eigenvalue weighted by atomic mass is 16.2. The predicted octanol–water partition coefficient (Wildman–Crippen LogP) is 1.45. The maximum Gasteiger partial charge on any atom is 0.247 e. The number of carbonyl (C=O) groups excluding carboxylic acids is 1. The summed E-state index contributed by atoms with van der Waals surface area (Å²) in [6.45, 7) is 6.62. The van der Waals surface area contributed by atoms with E-state index in [9.17, 15) is 4.79 Å². The summed E-state index contributed by atoms with van der Waals surface area (Å²) < 4.78 is 1.63. The summed E-state index contributed by atoms with van der Waals surface area (Å²) in [5, 5.41) is 12.8. The monoisotopic (exact) mass is 234 g/mol. The molecule has 0 aliphatic rings. The topological polar surface area (TPSA) is 61.9 Å². The Hall–Kier alpha value is -1.83. The Morgan fingerprint density at radius 3 is 2.76 bits per heavy atom. The normalized spacial score (nSPS) is 13.8. The lowest BCUT2D eigenvalue weighted by Crippen LogP contribution is -2.38. The van der Waals surface area contributed by atoms with Crippen LogP contribution in [0.25, 0.3) is 0 Å². The quantitative estimate of drug-likeness (QED) is 0.774. The molecule has 0 saturated carbocycles. The second-order valence-electron chi connectivity index (χ2n) is 4.07. The van der Waals surface area contributed by atoms with E-state index >= 15 is 0 Å². The predicted molar refractivity (Wildman–Crippen MR) is 64.0 cm³/mol. The van der Waals surface area contributed by atoms with Crippen LogP contribution in [0.1, 0.15) is 26.8 Å². The summed E-state index contributed by atoms with van der Waals surface area (Å²) >= 11 is 0. The van der Waals surface area contributed by atoms with Crippen molar-refractivity contribution < 1.29 is 4.79 Å². The van der Waals surface area contributed by atoms with Crippen LogP contribution in [0.15, 0.2) is 18.5 Å². The molecule has 0 radical (unpaired) electrons. The van der Waals surface area contributed by atoms with Crippen molar-refractivity contribution in [1.29, 1.82) is 5.26 Å². The number of hydrogen-bond acceptors (Lipinski definition) is 3. The van der Waals surface area contributed by atoms with Gasteiger partial charge in [0.2, 0.25) is 5.91 Å². The van der Waals surface area contributed by atoms with Gasteiger partial charge in [-0.05, 0) is 26.8 Å². The van der Waals surface area contributed by atoms with Crippen LogP contribution in [0.2, 0.25) is 0 Å². The van der Waals surface area contributed by atoms with E-state index in [0.717, 1.165) is 0 Å². The van der Waals surface area contributed by atoms with Crippen LogP contribution in [-0.4, -0.2) is 33.7 Å². The second-order valence-corrected chi connectivity index (χ2v) is 4.07. The average molecular weight is 234 g/mol. The number of nitrogens with zero attached hydrogens (tertiary/aromatic N) is 4. The van der Waals surface area contributed by atoms with Gasteiger partial charge in [-0.3, -0.25) is 9.48 Å². The van der Waals surface area contributed by atoms with Crippen LogP contribution in [0.4, 0.5) is 0 Å². The zero-order chi connectivity index (χ0) is 12.8. The minimum absolute atomic E-state index is 0.00157. The Morgan fingerprint density at radius 1 is 1.59 bits per heavy atom. The van der Waals surface area contributed by atoms with Crippen LogP contribution < -0.4 is 0 Å². The van der Waals surface area contributed by atoms with Crippen LogP contribution in [0.5, 0.6) is 0 Å². The molecule has 0 aliphatic heterocycles. The molecule has 0 fully saturated rings. The summed E-state index contributed by atoms with van der Waals surface area (Å²) in [7, 11) is 0. The molecule has 0 saturated heterocycles. The molecule has 5 heteroatoms. The first-order chi connectivity index (χ1) is 8.10. The van der Waals surface area contributed by atoms with Crippen molar-refractivity contribution in [2.75, 3.05) is 13.1 Å². The van der Waals surface area contributed by atoms with Crippen molar-refractivity contribution in [2.24, 2.45) is 5.92 Å². The summed E-state index contributed by atoms with van der Waals surface area (Å²) in [5.74, 6) is -0.151. The molecular formula is C12H18N4O. The molecule has 5 nitrogen and oxygen atoms in total. The van der Waals surface area contributed by atoms with E-state index < -0.39 is 0 Å². The number of rotatable bonds is 5. The van der Waals surface area contributed by atoms with Gasteiger partial charge in [0, 0.05) is 25.5 Å². The number of amides is 1. The molecule has 0 aromatic carbocycles. The standard InChI is InChI=1S/C12H18N4O/c1-4-15(9-10(2)8-13)12(17)11(3)16-7-5-6-14-16/h5-7,10-11H,4,9H2,1-3H3. The minimum atomic E-state index is -0.323. The molecule has 1 aromatic rings. The maximum absolute atomic E-state index is 12.2. The Bertz CT molecular complexity index is 393. The van der Waals surface area contributed by atoms with E-state index in [1.165, 1.54) is 0 Å². The highest BCUT2D eigenvalue weighted by molar-refractivity contribution is 5.80. The zero-order valence-corrected chi connectivity index (χ0v) is 10.5. The van der Waals surface area contributed by atoms with Crippen molar-refractivity contribution in [3.8, 4) is 6.07 Å². The Labute approximate surface area is 102 Å². The van der Waals surface area contributed by atoms with E-state index in [1.807, 2.05) is 20.8 Å². The average Bonchev–Trinajstić information content (AvgIpc) is 2.87. The Kier molecular flexibility index (Phi) is 4.70. The molecule has 1 rings (SSSR count). The molecule has 0 bridgehead atoms. The number of likely N-dealkylation sites (N-methyl/N-ethyl adjacent to an activating group) is 1. The highest BCUT2D eigenvalue weighted by Crippen LogP contribution is 2.10. The third-order valence-corrected chi connectivity index (χ3v) is 2.69. The van der Waals surface area contributed by atoms with Crippen molar-refractivity contribution in [2.45, 2.75) is 26.8 Å². The summed E-state index contributed by atoms with van der Waals surface area (Å²) in [5.41, 5.74) is 0. The van der Waals surface area contributed by atoms with Crippen molar-refractivity contribution in [1.82, 2.24) is 14.7 Å². The van der Waals surface area contributed by atoms with E-state index in [0.29, 0.717) is 13.1 Å². The molecular weight excluding hydrogens is 216 g/mol. The molecule has 92 valence electrons. The van der Waals surface area contributed by atoms with E-state index in [2.05, 4.69) is 11.2 Å². The fraction of sp³-hybridized carbons (Fsp3) is 0.583. The Morgan fingerprint density at radius 2 is 2.29 bits per heavy atom. The lowest BCUT2D eigenvalue weighted by molar-refractivity contribution is -0.134. The molecule has 1 aromatic heterocycles. The SMILES string of the molecule is CCN(CC(C)C#N)C(=O)C(C)n1cccn1. The van der Waals surface area contributed by atoms with Gasteiger partial charge < -0.3 is 4.90 Å². The van der Waals surface area contributed by atoms with Gasteiger partial charge in [0.15, 0.2) is 0 Å². The van der Waals surface area contributed by atoms with Crippen LogP contribution in [-0.2, 0) is 4.79 Å². The lowest BCUT2D eigenvalue weighted by atomic mass is 10.2.